The van der Waals surface area contributed by atoms with Gasteiger partial charge in [0.25, 0.3) is 0 Å². The Labute approximate surface area is 122 Å². The van der Waals surface area contributed by atoms with Gasteiger partial charge in [0.05, 0.1) is 0 Å². The average molecular weight is 270 g/mol. The molecule has 1 saturated heterocycles. The predicted octanol–water partition coefficient (Wildman–Crippen LogP) is 2.86. The zero-order valence-electron chi connectivity index (χ0n) is 12.5. The smallest absolute Gasteiger partial charge is 0.0252 e. The van der Waals surface area contributed by atoms with Crippen molar-refractivity contribution in [2.45, 2.75) is 38.3 Å². The molecule has 1 aliphatic carbocycles. The number of nitrogens with zero attached hydrogens (tertiary/aromatic N) is 1. The third-order valence-corrected chi connectivity index (χ3v) is 4.61. The minimum Gasteiger partial charge on any atom is -0.311 e. The van der Waals surface area contributed by atoms with Gasteiger partial charge in [-0.3, -0.25) is 4.90 Å². The van der Waals surface area contributed by atoms with Crippen LogP contribution in [0.5, 0.6) is 0 Å². The van der Waals surface area contributed by atoms with Crippen molar-refractivity contribution in [3.05, 3.63) is 48.0 Å². The summed E-state index contributed by atoms with van der Waals surface area (Å²) in [5.74, 6) is 0.949. The van der Waals surface area contributed by atoms with Crippen LogP contribution in [-0.4, -0.2) is 36.6 Å². The van der Waals surface area contributed by atoms with Gasteiger partial charge in [-0.15, -0.1) is 0 Å². The van der Waals surface area contributed by atoms with Crippen LogP contribution in [0.4, 0.5) is 0 Å². The first-order valence-electron chi connectivity index (χ1n) is 7.99. The number of benzene rings is 1. The molecule has 0 bridgehead atoms. The van der Waals surface area contributed by atoms with Crippen LogP contribution in [0.3, 0.4) is 0 Å². The highest BCUT2D eigenvalue weighted by Crippen LogP contribution is 2.36. The van der Waals surface area contributed by atoms with Crippen LogP contribution in [0.25, 0.3) is 0 Å². The van der Waals surface area contributed by atoms with Crippen LogP contribution >= 0.6 is 0 Å². The molecule has 20 heavy (non-hydrogen) atoms. The summed E-state index contributed by atoms with van der Waals surface area (Å²) in [6.07, 6.45) is 8.49. The molecule has 2 unspecified atom stereocenters. The van der Waals surface area contributed by atoms with Gasteiger partial charge in [-0.1, -0.05) is 42.5 Å². The van der Waals surface area contributed by atoms with E-state index in [1.54, 1.807) is 0 Å². The largest absolute Gasteiger partial charge is 0.311 e. The molecular formula is C18H26N2. The van der Waals surface area contributed by atoms with Crippen molar-refractivity contribution < 1.29 is 0 Å². The van der Waals surface area contributed by atoms with E-state index in [4.69, 9.17) is 0 Å². The maximum absolute atomic E-state index is 3.78. The maximum atomic E-state index is 3.78. The second-order valence-electron chi connectivity index (χ2n) is 6.22. The second-order valence-corrected chi connectivity index (χ2v) is 6.22. The average Bonchev–Trinajstić information content (AvgIpc) is 3.31. The number of piperazine rings is 1. The van der Waals surface area contributed by atoms with Gasteiger partial charge in [-0.05, 0) is 37.7 Å². The lowest BCUT2D eigenvalue weighted by Gasteiger charge is -2.40. The predicted molar refractivity (Wildman–Crippen MR) is 84.8 cm³/mol. The lowest BCUT2D eigenvalue weighted by atomic mass is 9.99. The number of hydrogen-bond donors (Lipinski definition) is 1. The van der Waals surface area contributed by atoms with Crippen molar-refractivity contribution >= 4 is 0 Å². The Bertz CT molecular complexity index is 436. The minimum absolute atomic E-state index is 0.595. The van der Waals surface area contributed by atoms with Gasteiger partial charge in [0.2, 0.25) is 0 Å². The lowest BCUT2D eigenvalue weighted by molar-refractivity contribution is 0.128. The summed E-state index contributed by atoms with van der Waals surface area (Å²) in [6, 6.07) is 12.2. The molecule has 2 heteroatoms. The SMILES string of the molecule is C/C=C/CN1CC(Cc2ccccc2)NCC1C1CC1. The summed E-state index contributed by atoms with van der Waals surface area (Å²) >= 11 is 0. The molecule has 0 amide bonds. The number of allylic oxidation sites excluding steroid dienone is 1. The summed E-state index contributed by atoms with van der Waals surface area (Å²) in [5.41, 5.74) is 1.45. The first-order chi connectivity index (χ1) is 9.86. The highest BCUT2D eigenvalue weighted by atomic mass is 15.2. The van der Waals surface area contributed by atoms with Gasteiger partial charge >= 0.3 is 0 Å². The fraction of sp³-hybridized carbons (Fsp3) is 0.556. The standard InChI is InChI=1S/C18H26N2/c1-2-3-11-20-14-17(12-15-7-5-4-6-8-15)19-13-18(20)16-9-10-16/h2-8,16-19H,9-14H2,1H3/b3-2+. The van der Waals surface area contributed by atoms with Crippen LogP contribution in [-0.2, 0) is 6.42 Å². The molecular weight excluding hydrogens is 244 g/mol. The third-order valence-electron chi connectivity index (χ3n) is 4.61. The van der Waals surface area contributed by atoms with E-state index in [1.165, 1.54) is 31.5 Å². The van der Waals surface area contributed by atoms with Crippen molar-refractivity contribution in [2.24, 2.45) is 5.92 Å². The molecule has 1 aliphatic heterocycles. The zero-order valence-corrected chi connectivity index (χ0v) is 12.5. The Morgan fingerprint density at radius 1 is 1.25 bits per heavy atom. The molecule has 3 rings (SSSR count). The summed E-state index contributed by atoms with van der Waals surface area (Å²) in [6.45, 7) is 5.58. The molecule has 1 N–H and O–H groups in total. The Balaban J connectivity index is 1.60. The molecule has 2 nitrogen and oxygen atoms in total. The van der Waals surface area contributed by atoms with Crippen LogP contribution in [0, 0.1) is 5.92 Å². The van der Waals surface area contributed by atoms with E-state index in [1.807, 2.05) is 0 Å². The van der Waals surface area contributed by atoms with Crippen LogP contribution in [0.1, 0.15) is 25.3 Å². The highest BCUT2D eigenvalue weighted by Gasteiger charge is 2.38. The molecule has 2 atom stereocenters. The van der Waals surface area contributed by atoms with E-state index < -0.39 is 0 Å². The van der Waals surface area contributed by atoms with Crippen molar-refractivity contribution in [3.63, 3.8) is 0 Å². The lowest BCUT2D eigenvalue weighted by Crippen LogP contribution is -2.57. The molecule has 2 aliphatic rings. The van der Waals surface area contributed by atoms with Gasteiger partial charge in [0.1, 0.15) is 0 Å². The highest BCUT2D eigenvalue weighted by molar-refractivity contribution is 5.16. The number of rotatable bonds is 5. The molecule has 2 fully saturated rings. The molecule has 1 heterocycles. The van der Waals surface area contributed by atoms with Crippen molar-refractivity contribution in [2.75, 3.05) is 19.6 Å². The monoisotopic (exact) mass is 270 g/mol. The second kappa shape index (κ2) is 6.55. The normalized spacial score (nSPS) is 28.1. The topological polar surface area (TPSA) is 15.3 Å². The van der Waals surface area contributed by atoms with Crippen LogP contribution < -0.4 is 5.32 Å². The fourth-order valence-corrected chi connectivity index (χ4v) is 3.33. The Morgan fingerprint density at radius 2 is 2.05 bits per heavy atom. The number of hydrogen-bond acceptors (Lipinski definition) is 2. The van der Waals surface area contributed by atoms with E-state index in [9.17, 15) is 0 Å². The third kappa shape index (κ3) is 3.50. The van der Waals surface area contributed by atoms with E-state index >= 15 is 0 Å². The van der Waals surface area contributed by atoms with Gasteiger partial charge in [0, 0.05) is 31.7 Å². The van der Waals surface area contributed by atoms with Gasteiger partial charge in [-0.25, -0.2) is 0 Å². The summed E-state index contributed by atoms with van der Waals surface area (Å²) in [5, 5.41) is 3.78. The molecule has 1 aromatic rings. The molecule has 0 aromatic heterocycles. The van der Waals surface area contributed by atoms with E-state index in [2.05, 4.69) is 59.6 Å². The number of nitrogens with one attached hydrogen (secondary N) is 1. The van der Waals surface area contributed by atoms with Gasteiger partial charge < -0.3 is 5.32 Å². The molecule has 1 aromatic carbocycles. The summed E-state index contributed by atoms with van der Waals surface area (Å²) < 4.78 is 0. The van der Waals surface area contributed by atoms with E-state index in [0.29, 0.717) is 6.04 Å². The molecule has 1 saturated carbocycles. The van der Waals surface area contributed by atoms with Gasteiger partial charge in [-0.2, -0.15) is 0 Å². The zero-order chi connectivity index (χ0) is 13.8. The fourth-order valence-electron chi connectivity index (χ4n) is 3.33. The molecule has 0 spiro atoms. The molecule has 0 radical (unpaired) electrons. The summed E-state index contributed by atoms with van der Waals surface area (Å²) in [4.78, 5) is 2.70. The first kappa shape index (κ1) is 13.8. The Morgan fingerprint density at radius 3 is 2.75 bits per heavy atom. The van der Waals surface area contributed by atoms with Crippen LogP contribution in [0.15, 0.2) is 42.5 Å². The Kier molecular flexibility index (Phi) is 4.54. The van der Waals surface area contributed by atoms with Crippen molar-refractivity contribution in [1.82, 2.24) is 10.2 Å². The first-order valence-corrected chi connectivity index (χ1v) is 7.99. The quantitative estimate of drug-likeness (QED) is 0.828. The van der Waals surface area contributed by atoms with Crippen LogP contribution in [0.2, 0.25) is 0 Å². The minimum atomic E-state index is 0.595. The van der Waals surface area contributed by atoms with Crippen molar-refractivity contribution in [3.8, 4) is 0 Å². The van der Waals surface area contributed by atoms with Gasteiger partial charge in [0.15, 0.2) is 0 Å². The summed E-state index contributed by atoms with van der Waals surface area (Å²) in [7, 11) is 0. The molecule has 108 valence electrons. The van der Waals surface area contributed by atoms with Crippen molar-refractivity contribution in [1.29, 1.82) is 0 Å². The Hall–Kier alpha value is -1.12. The maximum Gasteiger partial charge on any atom is 0.0252 e. The van der Waals surface area contributed by atoms with E-state index in [0.717, 1.165) is 24.9 Å². The van der Waals surface area contributed by atoms with E-state index in [-0.39, 0.29) is 0 Å².